The van der Waals surface area contributed by atoms with Crippen LogP contribution >= 0.6 is 0 Å². The van der Waals surface area contributed by atoms with Crippen molar-refractivity contribution >= 4 is 5.97 Å². The molecule has 0 aliphatic heterocycles. The molecule has 0 aromatic heterocycles. The van der Waals surface area contributed by atoms with Crippen LogP contribution in [0.15, 0.2) is 24.3 Å². The number of unbranched alkanes of at least 4 members (excludes halogenated alkanes) is 11. The molecule has 0 saturated heterocycles. The van der Waals surface area contributed by atoms with Crippen LogP contribution < -0.4 is 4.74 Å². The molecule has 29 heavy (non-hydrogen) atoms. The molecule has 1 aromatic carbocycles. The maximum atomic E-state index is 10.4. The van der Waals surface area contributed by atoms with E-state index in [9.17, 15) is 4.79 Å². The average molecular weight is 405 g/mol. The van der Waals surface area contributed by atoms with Gasteiger partial charge in [-0.05, 0) is 49.8 Å². The first-order valence-electron chi connectivity index (χ1n) is 12.1. The summed E-state index contributed by atoms with van der Waals surface area (Å²) in [6, 6.07) is 8.55. The molecule has 166 valence electrons. The molecule has 1 unspecified atom stereocenters. The minimum Gasteiger partial charge on any atom is -0.490 e. The normalized spacial score (nSPS) is 12.1. The fraction of sp³-hybridized carbons (Fsp3) is 0.731. The van der Waals surface area contributed by atoms with Gasteiger partial charge in [0.15, 0.2) is 0 Å². The molecule has 0 spiro atoms. The third-order valence-corrected chi connectivity index (χ3v) is 5.76. The van der Waals surface area contributed by atoms with E-state index >= 15 is 0 Å². The molecule has 0 heterocycles. The highest BCUT2D eigenvalue weighted by Crippen LogP contribution is 2.19. The topological polar surface area (TPSA) is 46.5 Å². The smallest absolute Gasteiger partial charge is 0.303 e. The lowest BCUT2D eigenvalue weighted by Gasteiger charge is -2.17. The quantitative estimate of drug-likeness (QED) is 0.238. The average Bonchev–Trinajstić information content (AvgIpc) is 2.73. The Labute approximate surface area is 179 Å². The molecule has 3 nitrogen and oxygen atoms in total. The summed E-state index contributed by atoms with van der Waals surface area (Å²) in [5.74, 6) is 0.348. The minimum absolute atomic E-state index is 0.331. The maximum absolute atomic E-state index is 10.4. The Kier molecular flexibility index (Phi) is 15.3. The summed E-state index contributed by atoms with van der Waals surface area (Å²) in [6.07, 6.45) is 19.0. The summed E-state index contributed by atoms with van der Waals surface area (Å²) < 4.78 is 6.15. The fourth-order valence-corrected chi connectivity index (χ4v) is 3.76. The Balaban J connectivity index is 1.91. The van der Waals surface area contributed by atoms with E-state index in [4.69, 9.17) is 9.84 Å². The van der Waals surface area contributed by atoms with Gasteiger partial charge in [-0.15, -0.1) is 0 Å². The van der Waals surface area contributed by atoms with Crippen molar-refractivity contribution in [2.45, 2.75) is 123 Å². The number of aliphatic carboxylic acids is 1. The van der Waals surface area contributed by atoms with Gasteiger partial charge >= 0.3 is 5.97 Å². The van der Waals surface area contributed by atoms with Gasteiger partial charge in [0, 0.05) is 6.42 Å². The molecule has 0 amide bonds. The highest BCUT2D eigenvalue weighted by atomic mass is 16.5. The summed E-state index contributed by atoms with van der Waals surface area (Å²) in [6.45, 7) is 4.40. The summed E-state index contributed by atoms with van der Waals surface area (Å²) in [5, 5.41) is 8.60. The van der Waals surface area contributed by atoms with Gasteiger partial charge in [-0.1, -0.05) is 90.2 Å². The highest BCUT2D eigenvalue weighted by Gasteiger charge is 2.08. The fourth-order valence-electron chi connectivity index (χ4n) is 3.76. The summed E-state index contributed by atoms with van der Waals surface area (Å²) >= 11 is 0. The Morgan fingerprint density at radius 1 is 0.793 bits per heavy atom. The largest absolute Gasteiger partial charge is 0.490 e. The van der Waals surface area contributed by atoms with Crippen LogP contribution in [-0.2, 0) is 11.2 Å². The standard InChI is InChI=1S/C26H44O3/c1-3-23-19-21-25(22-20-23)29-24(4-2)17-15-13-11-9-7-5-6-8-10-12-14-16-18-26(27)28/h19-22,24H,3-18H2,1-2H3,(H,27,28). The van der Waals surface area contributed by atoms with E-state index in [1.807, 2.05) is 0 Å². The minimum atomic E-state index is -0.663. The third kappa shape index (κ3) is 14.2. The molecule has 1 rings (SSSR count). The summed E-state index contributed by atoms with van der Waals surface area (Å²) in [5.41, 5.74) is 1.36. The number of carbonyl (C=O) groups is 1. The van der Waals surface area contributed by atoms with Gasteiger partial charge in [-0.3, -0.25) is 4.79 Å². The number of benzene rings is 1. The molecule has 3 heteroatoms. The highest BCUT2D eigenvalue weighted by molar-refractivity contribution is 5.66. The molecular weight excluding hydrogens is 360 g/mol. The van der Waals surface area contributed by atoms with Crippen molar-refractivity contribution in [1.29, 1.82) is 0 Å². The SMILES string of the molecule is CCc1ccc(OC(CC)CCCCCCCCCCCCCCC(=O)O)cc1. The number of rotatable bonds is 19. The van der Waals surface area contributed by atoms with Gasteiger partial charge in [0.1, 0.15) is 5.75 Å². The lowest BCUT2D eigenvalue weighted by molar-refractivity contribution is -0.137. The first kappa shape index (κ1) is 25.5. The predicted molar refractivity (Wildman–Crippen MR) is 123 cm³/mol. The first-order chi connectivity index (χ1) is 14.2. The van der Waals surface area contributed by atoms with Crippen LogP contribution in [0.3, 0.4) is 0 Å². The van der Waals surface area contributed by atoms with Crippen LogP contribution in [0.4, 0.5) is 0 Å². The predicted octanol–water partition coefficient (Wildman–Crippen LogP) is 7.95. The number of carboxylic acids is 1. The second-order valence-electron chi connectivity index (χ2n) is 8.32. The molecule has 0 fully saturated rings. The Hall–Kier alpha value is -1.51. The zero-order chi connectivity index (χ0) is 21.2. The van der Waals surface area contributed by atoms with E-state index in [0.29, 0.717) is 12.5 Å². The first-order valence-corrected chi connectivity index (χ1v) is 12.1. The molecule has 1 atom stereocenters. The summed E-state index contributed by atoms with van der Waals surface area (Å²) in [4.78, 5) is 10.4. The molecular formula is C26H44O3. The lowest BCUT2D eigenvalue weighted by Crippen LogP contribution is -2.15. The van der Waals surface area contributed by atoms with E-state index in [1.54, 1.807) is 0 Å². The lowest BCUT2D eigenvalue weighted by atomic mass is 10.0. The van der Waals surface area contributed by atoms with E-state index in [-0.39, 0.29) is 0 Å². The number of ether oxygens (including phenoxy) is 1. The maximum Gasteiger partial charge on any atom is 0.303 e. The van der Waals surface area contributed by atoms with Gasteiger partial charge < -0.3 is 9.84 Å². The van der Waals surface area contributed by atoms with Crippen molar-refractivity contribution in [3.63, 3.8) is 0 Å². The van der Waals surface area contributed by atoms with Gasteiger partial charge in [0.2, 0.25) is 0 Å². The van der Waals surface area contributed by atoms with E-state index < -0.39 is 5.97 Å². The Morgan fingerprint density at radius 3 is 1.72 bits per heavy atom. The number of hydrogen-bond donors (Lipinski definition) is 1. The van der Waals surface area contributed by atoms with Crippen molar-refractivity contribution < 1.29 is 14.6 Å². The van der Waals surface area contributed by atoms with Crippen molar-refractivity contribution in [2.24, 2.45) is 0 Å². The van der Waals surface area contributed by atoms with Crippen molar-refractivity contribution in [1.82, 2.24) is 0 Å². The van der Waals surface area contributed by atoms with Crippen LogP contribution in [0.5, 0.6) is 5.75 Å². The molecule has 0 aliphatic carbocycles. The van der Waals surface area contributed by atoms with E-state index in [0.717, 1.165) is 37.9 Å². The molecule has 0 saturated carbocycles. The van der Waals surface area contributed by atoms with Crippen LogP contribution in [-0.4, -0.2) is 17.2 Å². The molecule has 1 aromatic rings. The Morgan fingerprint density at radius 2 is 1.28 bits per heavy atom. The van der Waals surface area contributed by atoms with E-state index in [1.165, 1.54) is 69.8 Å². The Bertz CT molecular complexity index is 509. The molecule has 1 N–H and O–H groups in total. The van der Waals surface area contributed by atoms with Crippen LogP contribution in [0.1, 0.15) is 116 Å². The van der Waals surface area contributed by atoms with E-state index in [2.05, 4.69) is 38.1 Å². The zero-order valence-electron chi connectivity index (χ0n) is 19.0. The third-order valence-electron chi connectivity index (χ3n) is 5.76. The number of hydrogen-bond acceptors (Lipinski definition) is 2. The van der Waals surface area contributed by atoms with Crippen LogP contribution in [0.2, 0.25) is 0 Å². The number of carboxylic acid groups (broad SMARTS) is 1. The van der Waals surface area contributed by atoms with Crippen LogP contribution in [0, 0.1) is 0 Å². The zero-order valence-corrected chi connectivity index (χ0v) is 19.0. The number of aryl methyl sites for hydroxylation is 1. The van der Waals surface area contributed by atoms with Gasteiger partial charge in [-0.25, -0.2) is 0 Å². The summed E-state index contributed by atoms with van der Waals surface area (Å²) in [7, 11) is 0. The van der Waals surface area contributed by atoms with Crippen molar-refractivity contribution in [3.8, 4) is 5.75 Å². The second-order valence-corrected chi connectivity index (χ2v) is 8.32. The van der Waals surface area contributed by atoms with Crippen molar-refractivity contribution in [3.05, 3.63) is 29.8 Å². The molecule has 0 radical (unpaired) electrons. The molecule has 0 aliphatic rings. The van der Waals surface area contributed by atoms with Crippen molar-refractivity contribution in [2.75, 3.05) is 0 Å². The molecule has 0 bridgehead atoms. The van der Waals surface area contributed by atoms with Gasteiger partial charge in [-0.2, -0.15) is 0 Å². The monoisotopic (exact) mass is 404 g/mol. The van der Waals surface area contributed by atoms with Gasteiger partial charge in [0.25, 0.3) is 0 Å². The van der Waals surface area contributed by atoms with Gasteiger partial charge in [0.05, 0.1) is 6.10 Å². The second kappa shape index (κ2) is 17.4. The van der Waals surface area contributed by atoms with Crippen LogP contribution in [0.25, 0.3) is 0 Å².